The van der Waals surface area contributed by atoms with E-state index in [4.69, 9.17) is 4.98 Å². The van der Waals surface area contributed by atoms with Gasteiger partial charge in [-0.25, -0.2) is 9.67 Å². The predicted molar refractivity (Wildman–Crippen MR) is 120 cm³/mol. The van der Waals surface area contributed by atoms with Gasteiger partial charge < -0.3 is 4.90 Å². The molecule has 4 heterocycles. The zero-order valence-corrected chi connectivity index (χ0v) is 18.2. The maximum Gasteiger partial charge on any atom is 0.264 e. The van der Waals surface area contributed by atoms with Crippen molar-refractivity contribution in [3.8, 4) is 5.69 Å². The molecule has 1 N–H and O–H groups in total. The van der Waals surface area contributed by atoms with Crippen molar-refractivity contribution >= 4 is 27.5 Å². The smallest absolute Gasteiger partial charge is 0.264 e. The van der Waals surface area contributed by atoms with E-state index in [1.54, 1.807) is 0 Å². The third kappa shape index (κ3) is 3.35. The average molecular weight is 433 g/mol. The molecular formula is C23H24N6OS. The van der Waals surface area contributed by atoms with E-state index in [0.717, 1.165) is 64.1 Å². The lowest BCUT2D eigenvalue weighted by Crippen LogP contribution is -2.37. The van der Waals surface area contributed by atoms with Gasteiger partial charge in [0.1, 0.15) is 10.7 Å². The van der Waals surface area contributed by atoms with Crippen LogP contribution in [0.3, 0.4) is 0 Å². The summed E-state index contributed by atoms with van der Waals surface area (Å²) in [7, 11) is 0. The predicted octanol–water partition coefficient (Wildman–Crippen LogP) is 4.41. The highest BCUT2D eigenvalue weighted by molar-refractivity contribution is 7.20. The number of benzene rings is 1. The summed E-state index contributed by atoms with van der Waals surface area (Å²) in [6.07, 6.45) is 4.27. The van der Waals surface area contributed by atoms with Crippen molar-refractivity contribution in [2.75, 3.05) is 13.1 Å². The molecule has 6 rings (SSSR count). The molecule has 0 atom stereocenters. The number of nitrogens with one attached hydrogen (secondary N) is 1. The van der Waals surface area contributed by atoms with Crippen LogP contribution in [0.2, 0.25) is 0 Å². The zero-order valence-electron chi connectivity index (χ0n) is 17.4. The summed E-state index contributed by atoms with van der Waals surface area (Å²) in [5, 5.41) is 13.3. The fourth-order valence-electron chi connectivity index (χ4n) is 4.40. The Bertz CT molecular complexity index is 1240. The number of aromatic amines is 1. The van der Waals surface area contributed by atoms with Crippen LogP contribution in [0.5, 0.6) is 0 Å². The van der Waals surface area contributed by atoms with Crippen molar-refractivity contribution < 1.29 is 4.79 Å². The van der Waals surface area contributed by atoms with Crippen molar-refractivity contribution in [2.24, 2.45) is 0 Å². The van der Waals surface area contributed by atoms with Gasteiger partial charge in [-0.1, -0.05) is 18.2 Å². The Hall–Kier alpha value is -3.00. The maximum atomic E-state index is 13.2. The molecule has 158 valence electrons. The Morgan fingerprint density at radius 2 is 1.87 bits per heavy atom. The Balaban J connectivity index is 1.19. The van der Waals surface area contributed by atoms with Crippen molar-refractivity contribution in [2.45, 2.75) is 44.4 Å². The minimum Gasteiger partial charge on any atom is -0.338 e. The molecule has 2 aliphatic rings. The molecule has 3 aromatic heterocycles. The maximum absolute atomic E-state index is 13.2. The molecule has 1 aliphatic heterocycles. The standard InChI is InChI=1S/C23H24N6OS/c1-14-18-13-19(31-23(18)29(27-14)17-5-3-2-4-6-17)22(30)28-11-9-16(10-12-28)21-24-20(25-26-21)15-7-8-15/h2-6,13,15-16H,7-12H2,1H3,(H,24,25,26). The molecular weight excluding hydrogens is 408 g/mol. The molecule has 0 spiro atoms. The lowest BCUT2D eigenvalue weighted by atomic mass is 9.96. The van der Waals surface area contributed by atoms with Crippen LogP contribution in [0.25, 0.3) is 15.9 Å². The molecule has 0 bridgehead atoms. The van der Waals surface area contributed by atoms with E-state index in [1.807, 2.05) is 52.9 Å². The third-order valence-corrected chi connectivity index (χ3v) is 7.49. The highest BCUT2D eigenvalue weighted by atomic mass is 32.1. The zero-order chi connectivity index (χ0) is 20.9. The normalized spacial score (nSPS) is 17.5. The number of carbonyl (C=O) groups excluding carboxylic acids is 1. The molecule has 1 aromatic carbocycles. The minimum atomic E-state index is 0.120. The Labute approximate surface area is 184 Å². The third-order valence-electron chi connectivity index (χ3n) is 6.39. The molecule has 8 heteroatoms. The summed E-state index contributed by atoms with van der Waals surface area (Å²) in [5.74, 6) is 3.01. The SMILES string of the molecule is Cc1nn(-c2ccccc2)c2sc(C(=O)N3CCC(c4nc(C5CC5)n[nH]4)CC3)cc12. The molecule has 31 heavy (non-hydrogen) atoms. The van der Waals surface area contributed by atoms with Crippen LogP contribution in [0.4, 0.5) is 0 Å². The van der Waals surface area contributed by atoms with Gasteiger partial charge in [0.25, 0.3) is 5.91 Å². The van der Waals surface area contributed by atoms with Gasteiger partial charge in [0.2, 0.25) is 0 Å². The van der Waals surface area contributed by atoms with Gasteiger partial charge in [-0.2, -0.15) is 10.2 Å². The summed E-state index contributed by atoms with van der Waals surface area (Å²) in [6.45, 7) is 3.50. The van der Waals surface area contributed by atoms with Crippen LogP contribution in [0, 0.1) is 6.92 Å². The van der Waals surface area contributed by atoms with Gasteiger partial charge in [0.15, 0.2) is 5.82 Å². The van der Waals surface area contributed by atoms with Crippen LogP contribution in [-0.4, -0.2) is 48.9 Å². The van der Waals surface area contributed by atoms with Crippen LogP contribution in [-0.2, 0) is 0 Å². The van der Waals surface area contributed by atoms with Crippen LogP contribution < -0.4 is 0 Å². The van der Waals surface area contributed by atoms with Crippen LogP contribution in [0.1, 0.15) is 64.5 Å². The van der Waals surface area contributed by atoms with E-state index in [9.17, 15) is 4.79 Å². The molecule has 1 saturated carbocycles. The van der Waals surface area contributed by atoms with Crippen molar-refractivity contribution in [3.63, 3.8) is 0 Å². The minimum absolute atomic E-state index is 0.120. The molecule has 1 aliphatic carbocycles. The number of aryl methyl sites for hydroxylation is 1. The fourth-order valence-corrected chi connectivity index (χ4v) is 5.55. The summed E-state index contributed by atoms with van der Waals surface area (Å²) in [6, 6.07) is 12.1. The van der Waals surface area contributed by atoms with E-state index in [0.29, 0.717) is 11.8 Å². The van der Waals surface area contributed by atoms with Crippen molar-refractivity contribution in [1.82, 2.24) is 29.9 Å². The highest BCUT2D eigenvalue weighted by Crippen LogP contribution is 2.39. The molecule has 0 radical (unpaired) electrons. The molecule has 2 fully saturated rings. The highest BCUT2D eigenvalue weighted by Gasteiger charge is 2.31. The molecule has 1 amide bonds. The first kappa shape index (κ1) is 18.7. The number of aromatic nitrogens is 5. The number of para-hydroxylation sites is 1. The van der Waals surface area contributed by atoms with Crippen molar-refractivity contribution in [1.29, 1.82) is 0 Å². The van der Waals surface area contributed by atoms with Crippen LogP contribution in [0.15, 0.2) is 36.4 Å². The summed E-state index contributed by atoms with van der Waals surface area (Å²) >= 11 is 1.53. The first-order chi connectivity index (χ1) is 15.2. The number of carbonyl (C=O) groups is 1. The number of hydrogen-bond acceptors (Lipinski definition) is 5. The fraction of sp³-hybridized carbons (Fsp3) is 0.391. The van der Waals surface area contributed by atoms with E-state index < -0.39 is 0 Å². The first-order valence-corrected chi connectivity index (χ1v) is 11.7. The lowest BCUT2D eigenvalue weighted by Gasteiger charge is -2.30. The second-order valence-electron chi connectivity index (χ2n) is 8.58. The van der Waals surface area contributed by atoms with Gasteiger partial charge in [-0.05, 0) is 50.8 Å². The number of likely N-dealkylation sites (tertiary alicyclic amines) is 1. The van der Waals surface area contributed by atoms with E-state index >= 15 is 0 Å². The number of nitrogens with zero attached hydrogens (tertiary/aromatic N) is 5. The largest absolute Gasteiger partial charge is 0.338 e. The molecule has 4 aromatic rings. The summed E-state index contributed by atoms with van der Waals surface area (Å²) in [5.41, 5.74) is 1.96. The second-order valence-corrected chi connectivity index (χ2v) is 9.61. The first-order valence-electron chi connectivity index (χ1n) is 10.9. The summed E-state index contributed by atoms with van der Waals surface area (Å²) < 4.78 is 1.94. The number of H-pyrrole nitrogens is 1. The molecule has 7 nitrogen and oxygen atoms in total. The van der Waals surface area contributed by atoms with Gasteiger partial charge in [-0.15, -0.1) is 11.3 Å². The Morgan fingerprint density at radius 1 is 1.10 bits per heavy atom. The average Bonchev–Trinajstić information content (AvgIpc) is 3.25. The van der Waals surface area contributed by atoms with Gasteiger partial charge in [0.05, 0.1) is 16.3 Å². The van der Waals surface area contributed by atoms with E-state index in [1.165, 1.54) is 24.2 Å². The number of thiophene rings is 1. The topological polar surface area (TPSA) is 79.7 Å². The Morgan fingerprint density at radius 3 is 2.61 bits per heavy atom. The quantitative estimate of drug-likeness (QED) is 0.518. The molecule has 0 unspecified atom stereocenters. The number of hydrogen-bond donors (Lipinski definition) is 1. The molecule has 1 saturated heterocycles. The summed E-state index contributed by atoms with van der Waals surface area (Å²) in [4.78, 5) is 21.8. The van der Waals surface area contributed by atoms with E-state index in [2.05, 4.69) is 15.3 Å². The van der Waals surface area contributed by atoms with E-state index in [-0.39, 0.29) is 5.91 Å². The number of rotatable bonds is 4. The second kappa shape index (κ2) is 7.30. The monoisotopic (exact) mass is 432 g/mol. The number of fused-ring (bicyclic) bond motifs is 1. The van der Waals surface area contributed by atoms with Crippen molar-refractivity contribution in [3.05, 3.63) is 58.6 Å². The van der Waals surface area contributed by atoms with Crippen LogP contribution >= 0.6 is 11.3 Å². The number of piperidine rings is 1. The van der Waals surface area contributed by atoms with Gasteiger partial charge in [0, 0.05) is 30.3 Å². The van der Waals surface area contributed by atoms with Gasteiger partial charge in [-0.3, -0.25) is 9.89 Å². The number of amides is 1. The lowest BCUT2D eigenvalue weighted by molar-refractivity contribution is 0.0716. The van der Waals surface area contributed by atoms with Gasteiger partial charge >= 0.3 is 0 Å². The Kier molecular flexibility index (Phi) is 4.41.